The number of halogens is 1. The Bertz CT molecular complexity index is 1220. The van der Waals surface area contributed by atoms with Crippen LogP contribution < -0.4 is 4.74 Å². The molecule has 1 amide bonds. The molecule has 0 saturated carbocycles. The summed E-state index contributed by atoms with van der Waals surface area (Å²) in [5.41, 5.74) is 2.46. The van der Waals surface area contributed by atoms with Crippen LogP contribution in [0, 0.1) is 0 Å². The van der Waals surface area contributed by atoms with Crippen LogP contribution in [0.25, 0.3) is 5.69 Å². The minimum absolute atomic E-state index is 0.168. The van der Waals surface area contributed by atoms with Gasteiger partial charge in [-0.1, -0.05) is 23.7 Å². The molecular weight excluding hydrogens is 432 g/mol. The third kappa shape index (κ3) is 4.10. The van der Waals surface area contributed by atoms with Crippen LogP contribution in [0.15, 0.2) is 82.8 Å². The summed E-state index contributed by atoms with van der Waals surface area (Å²) in [4.78, 5) is 13.0. The van der Waals surface area contributed by atoms with Gasteiger partial charge in [0.1, 0.15) is 23.9 Å². The van der Waals surface area contributed by atoms with Crippen molar-refractivity contribution >= 4 is 23.2 Å². The van der Waals surface area contributed by atoms with Crippen LogP contribution in [0.3, 0.4) is 0 Å². The molecule has 0 unspecified atom stereocenters. The van der Waals surface area contributed by atoms with Crippen LogP contribution in [0.5, 0.6) is 5.75 Å². The van der Waals surface area contributed by atoms with Gasteiger partial charge in [-0.2, -0.15) is 5.10 Å². The fourth-order valence-corrected chi connectivity index (χ4v) is 3.57. The first kappa shape index (κ1) is 20.0. The average Bonchev–Trinajstić information content (AvgIpc) is 3.59. The highest BCUT2D eigenvalue weighted by Gasteiger charge is 2.35. The van der Waals surface area contributed by atoms with E-state index >= 15 is 0 Å². The van der Waals surface area contributed by atoms with E-state index in [1.54, 1.807) is 48.7 Å². The van der Waals surface area contributed by atoms with Gasteiger partial charge in [0, 0.05) is 11.4 Å². The lowest BCUT2D eigenvalue weighted by molar-refractivity contribution is -0.135. The third-order valence-corrected chi connectivity index (χ3v) is 5.28. The van der Waals surface area contributed by atoms with Crippen molar-refractivity contribution in [1.82, 2.24) is 25.2 Å². The smallest absolute Gasteiger partial charge is 0.281 e. The van der Waals surface area contributed by atoms with Crippen molar-refractivity contribution in [3.05, 3.63) is 89.6 Å². The number of rotatable bonds is 6. The molecule has 0 fully saturated rings. The summed E-state index contributed by atoms with van der Waals surface area (Å²) in [6.07, 6.45) is 3.61. The van der Waals surface area contributed by atoms with Crippen molar-refractivity contribution in [2.45, 2.75) is 12.5 Å². The molecule has 3 heterocycles. The van der Waals surface area contributed by atoms with Crippen LogP contribution in [0.4, 0.5) is 0 Å². The predicted octanol–water partition coefficient (Wildman–Crippen LogP) is 3.67. The summed E-state index contributed by atoms with van der Waals surface area (Å²) in [7, 11) is 0. The first-order chi connectivity index (χ1) is 15.7. The zero-order valence-corrected chi connectivity index (χ0v) is 17.5. The number of carbonyl (C=O) groups excluding carboxylic acids is 1. The second-order valence-corrected chi connectivity index (χ2v) is 7.50. The summed E-state index contributed by atoms with van der Waals surface area (Å²) < 4.78 is 12.8. The summed E-state index contributed by atoms with van der Waals surface area (Å²) in [5, 5.41) is 17.7. The Morgan fingerprint density at radius 3 is 2.62 bits per heavy atom. The van der Waals surface area contributed by atoms with E-state index in [1.165, 1.54) is 16.0 Å². The fraction of sp³-hybridized carbons (Fsp3) is 0.136. The molecule has 0 spiro atoms. The van der Waals surface area contributed by atoms with Gasteiger partial charge >= 0.3 is 0 Å². The number of furan rings is 1. The molecule has 4 aromatic rings. The molecular formula is C22H17ClN6O3. The molecule has 1 aliphatic heterocycles. The van der Waals surface area contributed by atoms with Gasteiger partial charge in [-0.25, -0.2) is 9.69 Å². The molecule has 2 aromatic carbocycles. The van der Waals surface area contributed by atoms with Crippen molar-refractivity contribution in [2.24, 2.45) is 5.10 Å². The molecule has 0 aliphatic carbocycles. The second kappa shape index (κ2) is 8.64. The molecule has 1 aliphatic rings. The predicted molar refractivity (Wildman–Crippen MR) is 116 cm³/mol. The topological polar surface area (TPSA) is 98.6 Å². The van der Waals surface area contributed by atoms with Gasteiger partial charge in [-0.3, -0.25) is 4.79 Å². The van der Waals surface area contributed by atoms with Crippen molar-refractivity contribution in [2.75, 3.05) is 6.61 Å². The maximum Gasteiger partial charge on any atom is 0.281 e. The van der Waals surface area contributed by atoms with Gasteiger partial charge in [0.2, 0.25) is 0 Å². The lowest BCUT2D eigenvalue weighted by Crippen LogP contribution is -2.31. The molecule has 5 rings (SSSR count). The Morgan fingerprint density at radius 1 is 1.12 bits per heavy atom. The molecule has 0 bridgehead atoms. The number of aromatic nitrogens is 4. The second-order valence-electron chi connectivity index (χ2n) is 7.06. The number of benzene rings is 2. The number of carbonyl (C=O) groups is 1. The zero-order valence-electron chi connectivity index (χ0n) is 16.7. The van der Waals surface area contributed by atoms with Crippen molar-refractivity contribution in [3.63, 3.8) is 0 Å². The van der Waals surface area contributed by atoms with Crippen molar-refractivity contribution in [3.8, 4) is 11.4 Å². The summed E-state index contributed by atoms with van der Waals surface area (Å²) in [5.74, 6) is 0.933. The highest BCUT2D eigenvalue weighted by atomic mass is 35.5. The Morgan fingerprint density at radius 2 is 1.94 bits per heavy atom. The third-order valence-electron chi connectivity index (χ3n) is 5.03. The van der Waals surface area contributed by atoms with Crippen LogP contribution >= 0.6 is 11.6 Å². The van der Waals surface area contributed by atoms with E-state index in [0.717, 1.165) is 17.0 Å². The standard InChI is InChI=1S/C22H17ClN6O3/c23-16-5-3-15(4-6-16)19-12-20(21-2-1-11-31-21)29(25-19)22(30)13-32-18-9-7-17(8-10-18)28-14-24-26-27-28/h1-11,14,20H,12-13H2/t20-/m1/s1. The maximum atomic E-state index is 13.0. The number of hydrogen-bond acceptors (Lipinski definition) is 7. The van der Waals surface area contributed by atoms with Gasteiger partial charge in [-0.05, 0) is 64.5 Å². The number of ether oxygens (including phenoxy) is 1. The number of amides is 1. The number of tetrazole rings is 1. The summed E-state index contributed by atoms with van der Waals surface area (Å²) in [6.45, 7) is -0.168. The number of hydrogen-bond donors (Lipinski definition) is 0. The van der Waals surface area contributed by atoms with Crippen LogP contribution in [0.1, 0.15) is 23.8 Å². The highest BCUT2D eigenvalue weighted by molar-refractivity contribution is 6.30. The first-order valence-corrected chi connectivity index (χ1v) is 10.2. The average molecular weight is 449 g/mol. The normalized spacial score (nSPS) is 15.6. The highest BCUT2D eigenvalue weighted by Crippen LogP contribution is 2.33. The van der Waals surface area contributed by atoms with Crippen LogP contribution in [-0.4, -0.2) is 43.4 Å². The van der Waals surface area contributed by atoms with Crippen LogP contribution in [0.2, 0.25) is 5.02 Å². The van der Waals surface area contributed by atoms with E-state index in [-0.39, 0.29) is 18.6 Å². The largest absolute Gasteiger partial charge is 0.484 e. The Balaban J connectivity index is 1.31. The Hall–Kier alpha value is -3.98. The van der Waals surface area contributed by atoms with E-state index in [0.29, 0.717) is 23.0 Å². The monoisotopic (exact) mass is 448 g/mol. The van der Waals surface area contributed by atoms with E-state index < -0.39 is 0 Å². The van der Waals surface area contributed by atoms with Gasteiger partial charge in [0.25, 0.3) is 5.91 Å². The number of hydrazone groups is 1. The van der Waals surface area contributed by atoms with E-state index in [4.69, 9.17) is 20.8 Å². The molecule has 0 radical (unpaired) electrons. The molecule has 2 aromatic heterocycles. The molecule has 160 valence electrons. The molecule has 1 atom stereocenters. The fourth-order valence-electron chi connectivity index (χ4n) is 3.45. The van der Waals surface area contributed by atoms with Gasteiger partial charge in [0.15, 0.2) is 6.61 Å². The van der Waals surface area contributed by atoms with Crippen LogP contribution in [-0.2, 0) is 4.79 Å². The maximum absolute atomic E-state index is 13.0. The molecule has 0 saturated heterocycles. The SMILES string of the molecule is O=C(COc1ccc(-n2cnnn2)cc1)N1N=C(c2ccc(Cl)cc2)C[C@@H]1c1ccco1. The lowest BCUT2D eigenvalue weighted by Gasteiger charge is -2.20. The van der Waals surface area contributed by atoms with Gasteiger partial charge in [0.05, 0.1) is 17.7 Å². The minimum atomic E-state index is -0.339. The first-order valence-electron chi connectivity index (χ1n) is 9.82. The van der Waals surface area contributed by atoms with E-state index in [9.17, 15) is 4.79 Å². The molecule has 32 heavy (non-hydrogen) atoms. The molecule has 0 N–H and O–H groups in total. The summed E-state index contributed by atoms with van der Waals surface area (Å²) >= 11 is 6.00. The minimum Gasteiger partial charge on any atom is -0.484 e. The Labute approximate surface area is 187 Å². The van der Waals surface area contributed by atoms with Gasteiger partial charge in [-0.15, -0.1) is 5.10 Å². The van der Waals surface area contributed by atoms with Gasteiger partial charge < -0.3 is 9.15 Å². The Kier molecular flexibility index (Phi) is 5.39. The molecule has 10 heteroatoms. The zero-order chi connectivity index (χ0) is 21.9. The van der Waals surface area contributed by atoms with E-state index in [2.05, 4.69) is 20.6 Å². The van der Waals surface area contributed by atoms with Crippen molar-refractivity contribution < 1.29 is 13.9 Å². The molecule has 9 nitrogen and oxygen atoms in total. The quantitative estimate of drug-likeness (QED) is 0.446. The van der Waals surface area contributed by atoms with Crippen molar-refractivity contribution in [1.29, 1.82) is 0 Å². The lowest BCUT2D eigenvalue weighted by atomic mass is 10.0. The summed E-state index contributed by atoms with van der Waals surface area (Å²) in [6, 6.07) is 17.8. The van der Waals surface area contributed by atoms with E-state index in [1.807, 2.05) is 18.2 Å². The number of nitrogens with zero attached hydrogens (tertiary/aromatic N) is 6.